The molecule has 0 radical (unpaired) electrons. The molecule has 0 unspecified atom stereocenters. The van der Waals surface area contributed by atoms with Crippen molar-refractivity contribution in [3.05, 3.63) is 330 Å². The van der Waals surface area contributed by atoms with Crippen LogP contribution in [0.25, 0.3) is 169 Å². The van der Waals surface area contributed by atoms with E-state index in [-0.39, 0.29) is 26.5 Å². The SMILES string of the molecule is CC1(C)c2ccccc2-c2ccc(-c3nc(Cl)nc4ccccc34)cc21.Clc1nc(-c2ccc3c(c2)c2ccccc2n3-c2ccccc2)c2ccccc2n1.Clc1nc(-c2ccc3sc4ccccc4c3c2)c2ccccc2n1.Clc1nc(-c2cccc3c2oc2ccccc23)c2ccccc2n1. The summed E-state index contributed by atoms with van der Waals surface area (Å²) in [4.78, 5) is 35.5. The van der Waals surface area contributed by atoms with Crippen molar-refractivity contribution in [3.8, 4) is 61.8 Å². The van der Waals surface area contributed by atoms with Gasteiger partial charge in [-0.25, -0.2) is 39.9 Å². The van der Waals surface area contributed by atoms with Crippen molar-refractivity contribution in [1.29, 1.82) is 0 Å². The number of fused-ring (bicyclic) bond motifs is 16. The van der Waals surface area contributed by atoms with Gasteiger partial charge in [-0.2, -0.15) is 0 Å². The van der Waals surface area contributed by atoms with Crippen LogP contribution in [0.3, 0.4) is 0 Å². The van der Waals surface area contributed by atoms with Crippen molar-refractivity contribution >= 4 is 165 Å². The van der Waals surface area contributed by atoms with Crippen molar-refractivity contribution in [2.75, 3.05) is 0 Å². The van der Waals surface area contributed by atoms with Gasteiger partial charge in [0.2, 0.25) is 21.1 Å². The summed E-state index contributed by atoms with van der Waals surface area (Å²) in [6.07, 6.45) is 0. The van der Waals surface area contributed by atoms with E-state index < -0.39 is 0 Å². The van der Waals surface area contributed by atoms with Crippen LogP contribution in [-0.2, 0) is 5.41 Å². The fourth-order valence-corrected chi connectivity index (χ4v) is 16.5. The maximum absolute atomic E-state index is 6.24. The Bertz CT molecular complexity index is 6800. The zero-order valence-corrected chi connectivity index (χ0v) is 59.5. The second-order valence-electron chi connectivity index (χ2n) is 25.9. The van der Waals surface area contributed by atoms with Crippen LogP contribution in [0.2, 0.25) is 21.1 Å². The maximum atomic E-state index is 6.24. The molecular weight excluding hydrogens is 1380 g/mol. The van der Waals surface area contributed by atoms with Gasteiger partial charge in [0, 0.05) is 96.6 Å². The van der Waals surface area contributed by atoms with Crippen LogP contribution >= 0.6 is 57.7 Å². The molecule has 0 bridgehead atoms. The summed E-state index contributed by atoms with van der Waals surface area (Å²) in [5.74, 6) is 0. The lowest BCUT2D eigenvalue weighted by atomic mass is 9.82. The highest BCUT2D eigenvalue weighted by atomic mass is 35.5. The first-order valence-corrected chi connectivity index (χ1v) is 36.1. The molecule has 1 aliphatic rings. The first-order valence-electron chi connectivity index (χ1n) is 33.8. The highest BCUT2D eigenvalue weighted by molar-refractivity contribution is 7.25. The van der Waals surface area contributed by atoms with E-state index in [1.807, 2.05) is 145 Å². The number of hydrogen-bond acceptors (Lipinski definition) is 10. The summed E-state index contributed by atoms with van der Waals surface area (Å²) in [6, 6.07) is 102. The Kier molecular flexibility index (Phi) is 16.4. The van der Waals surface area contributed by atoms with Crippen LogP contribution in [0.15, 0.2) is 302 Å². The number of thiophene rings is 1. The minimum atomic E-state index is -0.0332. The van der Waals surface area contributed by atoms with E-state index in [0.29, 0.717) is 0 Å². The largest absolute Gasteiger partial charge is 0.455 e. The van der Waals surface area contributed by atoms with Gasteiger partial charge in [0.05, 0.1) is 55.9 Å². The lowest BCUT2D eigenvalue weighted by Crippen LogP contribution is -2.14. The normalized spacial score (nSPS) is 12.2. The van der Waals surface area contributed by atoms with Gasteiger partial charge < -0.3 is 8.98 Å². The molecule has 0 amide bonds. The Labute approximate surface area is 620 Å². The van der Waals surface area contributed by atoms with Crippen LogP contribution in [0, 0.1) is 0 Å². The van der Waals surface area contributed by atoms with Gasteiger partial charge in [-0.1, -0.05) is 220 Å². The number of rotatable bonds is 5. The second kappa shape index (κ2) is 26.5. The number of para-hydroxylation sites is 8. The molecule has 0 saturated carbocycles. The van der Waals surface area contributed by atoms with Crippen LogP contribution in [0.4, 0.5) is 0 Å². The first kappa shape index (κ1) is 64.3. The third-order valence-corrected chi connectivity index (χ3v) is 21.3. The summed E-state index contributed by atoms with van der Waals surface area (Å²) >= 11 is 26.6. The Balaban J connectivity index is 0.0000000992. The molecule has 0 N–H and O–H groups in total. The second-order valence-corrected chi connectivity index (χ2v) is 28.3. The smallest absolute Gasteiger partial charge is 0.223 e. The van der Waals surface area contributed by atoms with E-state index in [2.05, 4.69) is 222 Å². The molecule has 7 aromatic heterocycles. The third kappa shape index (κ3) is 11.6. The quantitative estimate of drug-likeness (QED) is 0.155. The molecule has 7 heterocycles. The molecule has 10 nitrogen and oxygen atoms in total. The first-order chi connectivity index (χ1) is 50.9. The summed E-state index contributed by atoms with van der Waals surface area (Å²) < 4.78 is 11.0. The molecule has 0 fully saturated rings. The predicted molar refractivity (Wildman–Crippen MR) is 432 cm³/mol. The number of aromatic nitrogens is 9. The molecule has 1 aliphatic carbocycles. The lowest BCUT2D eigenvalue weighted by Gasteiger charge is -2.22. The molecule has 0 aliphatic heterocycles. The van der Waals surface area contributed by atoms with E-state index in [4.69, 9.17) is 50.8 Å². The number of halogens is 4. The van der Waals surface area contributed by atoms with Crippen molar-refractivity contribution in [1.82, 2.24) is 44.4 Å². The van der Waals surface area contributed by atoms with Crippen molar-refractivity contribution in [2.24, 2.45) is 0 Å². The van der Waals surface area contributed by atoms with Gasteiger partial charge in [-0.05, 0) is 160 Å². The van der Waals surface area contributed by atoms with Crippen molar-refractivity contribution < 1.29 is 4.42 Å². The lowest BCUT2D eigenvalue weighted by molar-refractivity contribution is 0.660. The predicted octanol–water partition coefficient (Wildman–Crippen LogP) is 25.5. The fraction of sp³-hybridized carbons (Fsp3) is 0.0337. The number of furan rings is 1. The van der Waals surface area contributed by atoms with Crippen LogP contribution in [0.1, 0.15) is 25.0 Å². The van der Waals surface area contributed by atoms with Gasteiger partial charge in [-0.3, -0.25) is 0 Å². The maximum Gasteiger partial charge on any atom is 0.223 e. The molecule has 0 saturated heterocycles. The van der Waals surface area contributed by atoms with Crippen LogP contribution in [0.5, 0.6) is 0 Å². The zero-order chi connectivity index (χ0) is 70.2. The summed E-state index contributed by atoms with van der Waals surface area (Å²) in [5, 5.41) is 12.1. The number of nitrogens with zero attached hydrogens (tertiary/aromatic N) is 9. The van der Waals surface area contributed by atoms with E-state index in [1.54, 1.807) is 0 Å². The van der Waals surface area contributed by atoms with Gasteiger partial charge in [0.15, 0.2) is 0 Å². The molecular formula is C89H55Cl4N9OS. The molecule has 0 spiro atoms. The Morgan fingerprint density at radius 2 is 0.721 bits per heavy atom. The molecule has 15 heteroatoms. The minimum absolute atomic E-state index is 0.0332. The number of benzene rings is 13. The van der Waals surface area contributed by atoms with E-state index in [9.17, 15) is 0 Å². The highest BCUT2D eigenvalue weighted by Crippen LogP contribution is 2.50. The van der Waals surface area contributed by atoms with Crippen LogP contribution < -0.4 is 0 Å². The minimum Gasteiger partial charge on any atom is -0.455 e. The van der Waals surface area contributed by atoms with Gasteiger partial charge in [-0.15, -0.1) is 11.3 Å². The molecule has 20 aromatic rings. The zero-order valence-electron chi connectivity index (χ0n) is 55.6. The average Bonchev–Trinajstić information content (AvgIpc) is 1.58. The van der Waals surface area contributed by atoms with E-state index >= 15 is 0 Å². The van der Waals surface area contributed by atoms with Gasteiger partial charge in [0.25, 0.3) is 0 Å². The Morgan fingerprint density at radius 3 is 1.35 bits per heavy atom. The molecule has 104 heavy (non-hydrogen) atoms. The molecule has 496 valence electrons. The average molecular weight is 1440 g/mol. The Hall–Kier alpha value is -11.8. The van der Waals surface area contributed by atoms with E-state index in [1.165, 1.54) is 58.7 Å². The summed E-state index contributed by atoms with van der Waals surface area (Å²) in [7, 11) is 0. The monoisotopic (exact) mass is 1440 g/mol. The van der Waals surface area contributed by atoms with Crippen molar-refractivity contribution in [3.63, 3.8) is 0 Å². The third-order valence-electron chi connectivity index (χ3n) is 19.4. The van der Waals surface area contributed by atoms with Gasteiger partial charge in [0.1, 0.15) is 11.2 Å². The van der Waals surface area contributed by atoms with Crippen molar-refractivity contribution in [2.45, 2.75) is 19.3 Å². The Morgan fingerprint density at radius 1 is 0.298 bits per heavy atom. The highest BCUT2D eigenvalue weighted by Gasteiger charge is 2.35. The van der Waals surface area contributed by atoms with Crippen LogP contribution in [-0.4, -0.2) is 44.4 Å². The van der Waals surface area contributed by atoms with Gasteiger partial charge >= 0.3 is 0 Å². The number of hydrogen-bond donors (Lipinski definition) is 0. The molecule has 21 rings (SSSR count). The molecule has 13 aromatic carbocycles. The fourth-order valence-electron chi connectivity index (χ4n) is 14.7. The standard InChI is InChI=1S/C26H16ClN3.C23H17ClN2.C20H11ClN2O.C20H11ClN2S/c27-26-28-22-12-6-4-11-20(22)25(29-26)17-14-15-24-21(16-17)19-10-5-7-13-23(19)30(24)18-8-2-1-3-9-18;1-23(2)18-9-5-3-7-15(18)16-12-11-14(13-19(16)23)21-17-8-4-6-10-20(17)25-22(24)26-21;21-20-22-16-10-3-1-7-14(16)18(23-20)15-9-5-8-13-12-6-2-4-11-17(12)24-19(13)15;21-20-22-16-7-3-1-6-14(16)19(23-20)12-9-10-18-15(11-12)13-5-2-4-8-17(13)24-18/h1-16H;3-13H,1-2H3;2*1-11H. The summed E-state index contributed by atoms with van der Waals surface area (Å²) in [5.41, 5.74) is 21.3. The topological polar surface area (TPSA) is 121 Å². The molecule has 0 atom stereocenters. The summed E-state index contributed by atoms with van der Waals surface area (Å²) in [6.45, 7) is 4.57. The van der Waals surface area contributed by atoms with E-state index in [0.717, 1.165) is 122 Å².